The zero-order valence-corrected chi connectivity index (χ0v) is 9.83. The van der Waals surface area contributed by atoms with Gasteiger partial charge in [-0.2, -0.15) is 0 Å². The highest BCUT2D eigenvalue weighted by Crippen LogP contribution is 2.18. The molecule has 2 N–H and O–H groups in total. The second-order valence-electron chi connectivity index (χ2n) is 3.38. The molecule has 0 fully saturated rings. The van der Waals surface area contributed by atoms with Crippen LogP contribution in [0.5, 0.6) is 0 Å². The fraction of sp³-hybridized carbons (Fsp3) is 0.167. The number of hydrogen-bond donors (Lipinski definition) is 1. The van der Waals surface area contributed by atoms with E-state index in [-0.39, 0.29) is 0 Å². The Labute approximate surface area is 97.2 Å². The first-order chi connectivity index (χ1) is 7.29. The van der Waals surface area contributed by atoms with Gasteiger partial charge in [-0.15, -0.1) is 0 Å². The lowest BCUT2D eigenvalue weighted by Crippen LogP contribution is -1.98. The molecule has 1 aromatic heterocycles. The number of rotatable bonds is 3. The van der Waals surface area contributed by atoms with E-state index in [1.54, 1.807) is 6.26 Å². The van der Waals surface area contributed by atoms with Crippen LogP contribution in [0.1, 0.15) is 16.9 Å². The summed E-state index contributed by atoms with van der Waals surface area (Å²) in [4.78, 5) is 0. The summed E-state index contributed by atoms with van der Waals surface area (Å²) in [5.41, 5.74) is 7.99. The van der Waals surface area contributed by atoms with Gasteiger partial charge in [-0.3, -0.25) is 0 Å². The molecule has 0 bridgehead atoms. The zero-order chi connectivity index (χ0) is 10.7. The van der Waals surface area contributed by atoms with Gasteiger partial charge in [0.2, 0.25) is 0 Å². The molecule has 0 aliphatic carbocycles. The van der Waals surface area contributed by atoms with E-state index in [9.17, 15) is 0 Å². The average Bonchev–Trinajstić information content (AvgIpc) is 2.65. The second-order valence-corrected chi connectivity index (χ2v) is 4.30. The molecule has 0 spiro atoms. The quantitative estimate of drug-likeness (QED) is 0.927. The van der Waals surface area contributed by atoms with Gasteiger partial charge >= 0.3 is 0 Å². The van der Waals surface area contributed by atoms with E-state index in [0.717, 1.165) is 22.2 Å². The fourth-order valence-electron chi connectivity index (χ4n) is 1.57. The molecule has 0 saturated carbocycles. The van der Waals surface area contributed by atoms with E-state index in [1.807, 2.05) is 18.2 Å². The molecule has 0 unspecified atom stereocenters. The van der Waals surface area contributed by atoms with Crippen LogP contribution in [0.25, 0.3) is 0 Å². The van der Waals surface area contributed by atoms with E-state index >= 15 is 0 Å². The predicted molar refractivity (Wildman–Crippen MR) is 63.5 cm³/mol. The first-order valence-electron chi connectivity index (χ1n) is 4.79. The molecule has 15 heavy (non-hydrogen) atoms. The molecular formula is C12H12BrNO. The first-order valence-corrected chi connectivity index (χ1v) is 5.58. The van der Waals surface area contributed by atoms with Gasteiger partial charge in [0.1, 0.15) is 5.76 Å². The van der Waals surface area contributed by atoms with Crippen molar-refractivity contribution in [1.29, 1.82) is 0 Å². The molecule has 0 atom stereocenters. The molecule has 0 radical (unpaired) electrons. The van der Waals surface area contributed by atoms with Gasteiger partial charge < -0.3 is 10.2 Å². The van der Waals surface area contributed by atoms with Crippen LogP contribution in [0.3, 0.4) is 0 Å². The van der Waals surface area contributed by atoms with Crippen molar-refractivity contribution in [2.45, 2.75) is 13.0 Å². The lowest BCUT2D eigenvalue weighted by atomic mass is 10.1. The van der Waals surface area contributed by atoms with Crippen LogP contribution in [-0.4, -0.2) is 0 Å². The molecule has 1 heterocycles. The van der Waals surface area contributed by atoms with Crippen molar-refractivity contribution in [3.8, 4) is 0 Å². The van der Waals surface area contributed by atoms with Gasteiger partial charge in [0, 0.05) is 10.9 Å². The van der Waals surface area contributed by atoms with Crippen molar-refractivity contribution >= 4 is 15.9 Å². The summed E-state index contributed by atoms with van der Waals surface area (Å²) in [6.07, 6.45) is 2.55. The third-order valence-electron chi connectivity index (χ3n) is 2.31. The highest BCUT2D eigenvalue weighted by atomic mass is 79.9. The molecule has 2 rings (SSSR count). The van der Waals surface area contributed by atoms with Crippen molar-refractivity contribution in [3.05, 3.63) is 58.0 Å². The molecule has 0 amide bonds. The molecule has 0 aliphatic rings. The summed E-state index contributed by atoms with van der Waals surface area (Å²) in [6, 6.07) is 10.2. The van der Waals surface area contributed by atoms with Crippen molar-refractivity contribution in [1.82, 2.24) is 0 Å². The minimum Gasteiger partial charge on any atom is -0.468 e. The van der Waals surface area contributed by atoms with Gasteiger partial charge in [0.15, 0.2) is 0 Å². The number of benzene rings is 1. The van der Waals surface area contributed by atoms with E-state index in [1.165, 1.54) is 5.56 Å². The molecule has 78 valence electrons. The topological polar surface area (TPSA) is 39.2 Å². The smallest absolute Gasteiger partial charge is 0.120 e. The normalized spacial score (nSPS) is 10.5. The third-order valence-corrected chi connectivity index (χ3v) is 2.80. The highest BCUT2D eigenvalue weighted by Gasteiger charge is 2.05. The van der Waals surface area contributed by atoms with Crippen molar-refractivity contribution in [2.24, 2.45) is 5.73 Å². The molecular weight excluding hydrogens is 254 g/mol. The summed E-state index contributed by atoms with van der Waals surface area (Å²) in [5.74, 6) is 0.870. The predicted octanol–water partition coefficient (Wildman–Crippen LogP) is 3.09. The van der Waals surface area contributed by atoms with Crippen molar-refractivity contribution in [2.75, 3.05) is 0 Å². The Morgan fingerprint density at radius 1 is 1.27 bits per heavy atom. The zero-order valence-electron chi connectivity index (χ0n) is 8.24. The summed E-state index contributed by atoms with van der Waals surface area (Å²) >= 11 is 3.45. The van der Waals surface area contributed by atoms with Crippen LogP contribution in [0, 0.1) is 0 Å². The minimum absolute atomic E-state index is 0.455. The molecule has 2 nitrogen and oxygen atoms in total. The summed E-state index contributed by atoms with van der Waals surface area (Å²) in [6.45, 7) is 0.455. The Bertz CT molecular complexity index is 450. The van der Waals surface area contributed by atoms with E-state index in [2.05, 4.69) is 28.1 Å². The van der Waals surface area contributed by atoms with Gasteiger partial charge in [0.25, 0.3) is 0 Å². The Morgan fingerprint density at radius 3 is 2.87 bits per heavy atom. The van der Waals surface area contributed by atoms with Gasteiger partial charge in [-0.1, -0.05) is 28.1 Å². The van der Waals surface area contributed by atoms with Gasteiger partial charge in [-0.05, 0) is 29.3 Å². The van der Waals surface area contributed by atoms with Crippen LogP contribution in [0.4, 0.5) is 0 Å². The minimum atomic E-state index is 0.455. The van der Waals surface area contributed by atoms with Crippen LogP contribution >= 0.6 is 15.9 Å². The molecule has 2 aromatic rings. The Morgan fingerprint density at radius 2 is 2.13 bits per heavy atom. The molecule has 0 saturated heterocycles. The Hall–Kier alpha value is -1.06. The SMILES string of the molecule is NCc1occc1Cc1cccc(Br)c1. The van der Waals surface area contributed by atoms with Gasteiger partial charge in [0.05, 0.1) is 12.8 Å². The number of halogens is 1. The maximum atomic E-state index is 5.58. The molecule has 3 heteroatoms. The number of hydrogen-bond acceptors (Lipinski definition) is 2. The van der Waals surface area contributed by atoms with E-state index in [0.29, 0.717) is 6.54 Å². The third kappa shape index (κ3) is 2.49. The first kappa shape index (κ1) is 10.5. The Balaban J connectivity index is 2.22. The lowest BCUT2D eigenvalue weighted by molar-refractivity contribution is 0.508. The maximum absolute atomic E-state index is 5.58. The average molecular weight is 266 g/mol. The van der Waals surface area contributed by atoms with E-state index in [4.69, 9.17) is 10.2 Å². The largest absolute Gasteiger partial charge is 0.468 e. The monoisotopic (exact) mass is 265 g/mol. The van der Waals surface area contributed by atoms with E-state index < -0.39 is 0 Å². The van der Waals surface area contributed by atoms with Crippen LogP contribution < -0.4 is 5.73 Å². The van der Waals surface area contributed by atoms with Crippen LogP contribution in [0.15, 0.2) is 45.5 Å². The molecule has 1 aromatic carbocycles. The number of furan rings is 1. The maximum Gasteiger partial charge on any atom is 0.120 e. The summed E-state index contributed by atoms with van der Waals surface area (Å²) in [7, 11) is 0. The lowest BCUT2D eigenvalue weighted by Gasteiger charge is -2.01. The molecule has 0 aliphatic heterocycles. The summed E-state index contributed by atoms with van der Waals surface area (Å²) < 4.78 is 6.37. The standard InChI is InChI=1S/C12H12BrNO/c13-11-3-1-2-9(7-11)6-10-4-5-15-12(10)8-14/h1-5,7H,6,8,14H2. The summed E-state index contributed by atoms with van der Waals surface area (Å²) in [5, 5.41) is 0. The van der Waals surface area contributed by atoms with Crippen molar-refractivity contribution in [3.63, 3.8) is 0 Å². The van der Waals surface area contributed by atoms with Crippen LogP contribution in [-0.2, 0) is 13.0 Å². The van der Waals surface area contributed by atoms with Crippen molar-refractivity contribution < 1.29 is 4.42 Å². The Kier molecular flexibility index (Phi) is 3.23. The highest BCUT2D eigenvalue weighted by molar-refractivity contribution is 9.10. The number of nitrogens with two attached hydrogens (primary N) is 1. The fourth-order valence-corrected chi connectivity index (χ4v) is 2.02. The second kappa shape index (κ2) is 4.64. The van der Waals surface area contributed by atoms with Gasteiger partial charge in [-0.25, -0.2) is 0 Å². The van der Waals surface area contributed by atoms with Crippen LogP contribution in [0.2, 0.25) is 0 Å².